The van der Waals surface area contributed by atoms with Crippen molar-refractivity contribution in [3.63, 3.8) is 0 Å². The Kier molecular flexibility index (Phi) is 4.36. The number of benzene rings is 1. The van der Waals surface area contributed by atoms with Crippen molar-refractivity contribution in [1.82, 2.24) is 0 Å². The molecular formula is C11H18N2O3S. The highest BCUT2D eigenvalue weighted by molar-refractivity contribution is 7.93. The number of nitrogens with one attached hydrogen (secondary N) is 1. The van der Waals surface area contributed by atoms with Gasteiger partial charge in [-0.25, -0.2) is 8.42 Å². The van der Waals surface area contributed by atoms with Crippen LogP contribution in [0, 0.1) is 0 Å². The minimum Gasteiger partial charge on any atom is -0.495 e. The standard InChI is InChI=1S/C11H18N2O3S/c1-8(2)17(14,15)13-10-5-4-9(7-12)6-11(10)16-3/h4-6,8,13H,7,12H2,1-3H3. The Balaban J connectivity index is 3.07. The van der Waals surface area contributed by atoms with Crippen molar-refractivity contribution >= 4 is 15.7 Å². The molecule has 0 atom stereocenters. The smallest absolute Gasteiger partial charge is 0.235 e. The molecule has 0 aromatic heterocycles. The molecule has 17 heavy (non-hydrogen) atoms. The van der Waals surface area contributed by atoms with Crippen LogP contribution in [0.15, 0.2) is 18.2 Å². The summed E-state index contributed by atoms with van der Waals surface area (Å²) in [4.78, 5) is 0. The van der Waals surface area contributed by atoms with Crippen molar-refractivity contribution in [3.05, 3.63) is 23.8 Å². The summed E-state index contributed by atoms with van der Waals surface area (Å²) in [7, 11) is -1.88. The highest BCUT2D eigenvalue weighted by Crippen LogP contribution is 2.27. The van der Waals surface area contributed by atoms with Crippen molar-refractivity contribution in [2.75, 3.05) is 11.8 Å². The molecule has 0 aliphatic carbocycles. The number of nitrogens with two attached hydrogens (primary N) is 1. The second-order valence-electron chi connectivity index (χ2n) is 3.93. The maximum atomic E-state index is 11.7. The molecule has 1 aromatic rings. The zero-order chi connectivity index (χ0) is 13.1. The fourth-order valence-corrected chi connectivity index (χ4v) is 1.93. The van der Waals surface area contributed by atoms with Crippen LogP contribution < -0.4 is 15.2 Å². The van der Waals surface area contributed by atoms with Gasteiger partial charge in [-0.15, -0.1) is 0 Å². The van der Waals surface area contributed by atoms with E-state index < -0.39 is 15.3 Å². The molecule has 5 nitrogen and oxygen atoms in total. The van der Waals surface area contributed by atoms with Crippen molar-refractivity contribution in [2.24, 2.45) is 5.73 Å². The molecular weight excluding hydrogens is 240 g/mol. The number of hydrogen-bond donors (Lipinski definition) is 2. The van der Waals surface area contributed by atoms with Gasteiger partial charge < -0.3 is 10.5 Å². The zero-order valence-corrected chi connectivity index (χ0v) is 11.0. The molecule has 0 saturated carbocycles. The van der Waals surface area contributed by atoms with E-state index in [1.54, 1.807) is 32.0 Å². The van der Waals surface area contributed by atoms with E-state index in [1.165, 1.54) is 7.11 Å². The molecule has 96 valence electrons. The predicted octanol–water partition coefficient (Wildman–Crippen LogP) is 1.30. The number of anilines is 1. The lowest BCUT2D eigenvalue weighted by Crippen LogP contribution is -2.22. The van der Waals surface area contributed by atoms with E-state index >= 15 is 0 Å². The first kappa shape index (κ1) is 13.8. The Morgan fingerprint density at radius 1 is 1.41 bits per heavy atom. The maximum Gasteiger partial charge on any atom is 0.235 e. The Morgan fingerprint density at radius 2 is 2.06 bits per heavy atom. The van der Waals surface area contributed by atoms with E-state index in [0.29, 0.717) is 18.0 Å². The van der Waals surface area contributed by atoms with Gasteiger partial charge in [0.15, 0.2) is 0 Å². The summed E-state index contributed by atoms with van der Waals surface area (Å²) >= 11 is 0. The fraction of sp³-hybridized carbons (Fsp3) is 0.455. The van der Waals surface area contributed by atoms with Crippen molar-refractivity contribution in [3.8, 4) is 5.75 Å². The van der Waals surface area contributed by atoms with Crippen LogP contribution >= 0.6 is 0 Å². The van der Waals surface area contributed by atoms with E-state index in [-0.39, 0.29) is 0 Å². The molecule has 0 amide bonds. The van der Waals surface area contributed by atoms with Crippen molar-refractivity contribution in [2.45, 2.75) is 25.6 Å². The van der Waals surface area contributed by atoms with E-state index in [4.69, 9.17) is 10.5 Å². The van der Waals surface area contributed by atoms with E-state index in [1.807, 2.05) is 0 Å². The van der Waals surface area contributed by atoms with Crippen LogP contribution in [0.3, 0.4) is 0 Å². The molecule has 0 saturated heterocycles. The van der Waals surface area contributed by atoms with Crippen LogP contribution in [0.1, 0.15) is 19.4 Å². The average molecular weight is 258 g/mol. The number of ether oxygens (including phenoxy) is 1. The second-order valence-corrected chi connectivity index (χ2v) is 6.17. The largest absolute Gasteiger partial charge is 0.495 e. The molecule has 1 aromatic carbocycles. The monoisotopic (exact) mass is 258 g/mol. The number of sulfonamides is 1. The average Bonchev–Trinajstić information content (AvgIpc) is 2.29. The molecule has 0 aliphatic heterocycles. The van der Waals surface area contributed by atoms with Gasteiger partial charge in [0.1, 0.15) is 5.75 Å². The second kappa shape index (κ2) is 5.37. The van der Waals surface area contributed by atoms with E-state index in [0.717, 1.165) is 5.56 Å². The van der Waals surface area contributed by atoms with Gasteiger partial charge in [-0.2, -0.15) is 0 Å². The van der Waals surface area contributed by atoms with Gasteiger partial charge in [-0.05, 0) is 31.5 Å². The first-order chi connectivity index (χ1) is 7.90. The topological polar surface area (TPSA) is 81.4 Å². The van der Waals surface area contributed by atoms with Gasteiger partial charge in [-0.1, -0.05) is 6.07 Å². The van der Waals surface area contributed by atoms with Crippen LogP contribution in [-0.4, -0.2) is 20.8 Å². The Labute approximate surface area is 102 Å². The minimum atomic E-state index is -3.36. The van der Waals surface area contributed by atoms with Gasteiger partial charge in [0.2, 0.25) is 10.0 Å². The van der Waals surface area contributed by atoms with Gasteiger partial charge >= 0.3 is 0 Å². The fourth-order valence-electron chi connectivity index (χ4n) is 1.22. The molecule has 0 spiro atoms. The zero-order valence-electron chi connectivity index (χ0n) is 10.2. The molecule has 0 unspecified atom stereocenters. The van der Waals surface area contributed by atoms with Gasteiger partial charge in [0.05, 0.1) is 18.0 Å². The molecule has 1 rings (SSSR count). The highest BCUT2D eigenvalue weighted by Gasteiger charge is 2.17. The Bertz CT molecular complexity index is 483. The molecule has 0 fully saturated rings. The third-order valence-electron chi connectivity index (χ3n) is 2.37. The van der Waals surface area contributed by atoms with Crippen LogP contribution in [0.4, 0.5) is 5.69 Å². The molecule has 3 N–H and O–H groups in total. The maximum absolute atomic E-state index is 11.7. The summed E-state index contributed by atoms with van der Waals surface area (Å²) in [5.41, 5.74) is 6.82. The summed E-state index contributed by atoms with van der Waals surface area (Å²) in [6, 6.07) is 5.14. The summed E-state index contributed by atoms with van der Waals surface area (Å²) in [6.45, 7) is 3.61. The first-order valence-electron chi connectivity index (χ1n) is 5.29. The SMILES string of the molecule is COc1cc(CN)ccc1NS(=O)(=O)C(C)C. The normalized spacial score (nSPS) is 11.6. The molecule has 0 aliphatic rings. The predicted molar refractivity (Wildman–Crippen MR) is 68.6 cm³/mol. The lowest BCUT2D eigenvalue weighted by molar-refractivity contribution is 0.416. The van der Waals surface area contributed by atoms with E-state index in [2.05, 4.69) is 4.72 Å². The summed E-state index contributed by atoms with van der Waals surface area (Å²) in [6.07, 6.45) is 0. The molecule has 6 heteroatoms. The summed E-state index contributed by atoms with van der Waals surface area (Å²) in [5.74, 6) is 0.470. The third kappa shape index (κ3) is 3.34. The molecule has 0 radical (unpaired) electrons. The van der Waals surface area contributed by atoms with Gasteiger partial charge in [0, 0.05) is 6.54 Å². The number of rotatable bonds is 5. The molecule has 0 bridgehead atoms. The lowest BCUT2D eigenvalue weighted by atomic mass is 10.2. The summed E-state index contributed by atoms with van der Waals surface area (Å²) in [5, 5.41) is -0.499. The lowest BCUT2D eigenvalue weighted by Gasteiger charge is -2.14. The Hall–Kier alpha value is -1.27. The Morgan fingerprint density at radius 3 is 2.53 bits per heavy atom. The van der Waals surface area contributed by atoms with Crippen LogP contribution in [-0.2, 0) is 16.6 Å². The third-order valence-corrected chi connectivity index (χ3v) is 4.12. The van der Waals surface area contributed by atoms with Crippen molar-refractivity contribution < 1.29 is 13.2 Å². The van der Waals surface area contributed by atoms with Crippen molar-refractivity contribution in [1.29, 1.82) is 0 Å². The minimum absolute atomic E-state index is 0.383. The molecule has 0 heterocycles. The highest BCUT2D eigenvalue weighted by atomic mass is 32.2. The quantitative estimate of drug-likeness (QED) is 0.834. The van der Waals surface area contributed by atoms with Gasteiger partial charge in [0.25, 0.3) is 0 Å². The summed E-state index contributed by atoms with van der Waals surface area (Å²) < 4.78 is 31.1. The number of methoxy groups -OCH3 is 1. The van der Waals surface area contributed by atoms with Crippen LogP contribution in [0.5, 0.6) is 5.75 Å². The van der Waals surface area contributed by atoms with Crippen LogP contribution in [0.2, 0.25) is 0 Å². The first-order valence-corrected chi connectivity index (χ1v) is 6.84. The van der Waals surface area contributed by atoms with E-state index in [9.17, 15) is 8.42 Å². The van der Waals surface area contributed by atoms with Crippen LogP contribution in [0.25, 0.3) is 0 Å². The van der Waals surface area contributed by atoms with Gasteiger partial charge in [-0.3, -0.25) is 4.72 Å². The number of hydrogen-bond acceptors (Lipinski definition) is 4.